The Morgan fingerprint density at radius 1 is 1.00 bits per heavy atom. The van der Waals surface area contributed by atoms with Gasteiger partial charge in [-0.15, -0.1) is 0 Å². The van der Waals surface area contributed by atoms with Gasteiger partial charge in [-0.25, -0.2) is 0 Å². The molecule has 2 rings (SSSR count). The van der Waals surface area contributed by atoms with E-state index in [1.807, 2.05) is 26.8 Å². The van der Waals surface area contributed by atoms with Crippen molar-refractivity contribution < 1.29 is 19.3 Å². The summed E-state index contributed by atoms with van der Waals surface area (Å²) in [5, 5.41) is 6.04. The fraction of sp³-hybridized carbons (Fsp3) is 0.318. The van der Waals surface area contributed by atoms with Gasteiger partial charge in [-0.3, -0.25) is 14.4 Å². The molecule has 7 heteroatoms. The van der Waals surface area contributed by atoms with Crippen LogP contribution in [-0.4, -0.2) is 43.3 Å². The molecule has 0 aliphatic heterocycles. The minimum Gasteiger partial charge on any atom is -0.349 e. The fourth-order valence-corrected chi connectivity index (χ4v) is 3.06. The highest BCUT2D eigenvalue weighted by molar-refractivity contribution is 6.31. The normalized spacial score (nSPS) is 11.8. The number of likely N-dealkylation sites (N-methyl/N-ethyl adjacent to an activating group) is 1. The van der Waals surface area contributed by atoms with Gasteiger partial charge in [0.05, 0.1) is 12.2 Å². The molecule has 0 radical (unpaired) electrons. The molecule has 2 amide bonds. The highest BCUT2D eigenvalue weighted by atomic mass is 35.5. The van der Waals surface area contributed by atoms with Crippen molar-refractivity contribution in [3.8, 4) is 0 Å². The zero-order valence-electron chi connectivity index (χ0n) is 16.9. The Kier molecular flexibility index (Phi) is 8.36. The third-order valence-electron chi connectivity index (χ3n) is 4.31. The second kappa shape index (κ2) is 10.7. The molecule has 154 valence electrons. The summed E-state index contributed by atoms with van der Waals surface area (Å²) >= 11 is 6.08. The van der Waals surface area contributed by atoms with Crippen LogP contribution in [0.4, 0.5) is 5.69 Å². The van der Waals surface area contributed by atoms with Crippen LogP contribution < -0.4 is 15.5 Å². The summed E-state index contributed by atoms with van der Waals surface area (Å²) in [7, 11) is 0. The molecule has 3 N–H and O–H groups in total. The fourth-order valence-electron chi connectivity index (χ4n) is 2.89. The highest BCUT2D eigenvalue weighted by Crippen LogP contribution is 2.23. The molecular weight excluding hydrogens is 390 g/mol. The molecule has 0 aliphatic rings. The van der Waals surface area contributed by atoms with Crippen LogP contribution in [0.3, 0.4) is 0 Å². The number of quaternary nitrogens is 1. The van der Waals surface area contributed by atoms with E-state index in [1.54, 1.807) is 42.5 Å². The standard InChI is InChI=1S/C22H26ClN3O3/c1-4-26(13-20(27)24-15(2)3)14-21(28)25-19-11-10-17(23)12-18(19)22(29)16-8-6-5-7-9-16/h5-12,15H,4,13-14H2,1-3H3,(H,24,27)(H,25,28)/p+1. The van der Waals surface area contributed by atoms with Gasteiger partial charge in [0.25, 0.3) is 11.8 Å². The van der Waals surface area contributed by atoms with E-state index in [9.17, 15) is 14.4 Å². The molecular formula is C22H27ClN3O3+. The topological polar surface area (TPSA) is 79.7 Å². The number of hydrogen-bond donors (Lipinski definition) is 3. The number of carbonyl (C=O) groups excluding carboxylic acids is 3. The van der Waals surface area contributed by atoms with Crippen molar-refractivity contribution in [2.75, 3.05) is 25.0 Å². The number of anilines is 1. The second-order valence-corrected chi connectivity index (χ2v) is 7.55. The molecule has 0 fully saturated rings. The van der Waals surface area contributed by atoms with Gasteiger partial charge in [-0.1, -0.05) is 41.9 Å². The van der Waals surface area contributed by atoms with Gasteiger partial charge in [-0.2, -0.15) is 0 Å². The average Bonchev–Trinajstić information content (AvgIpc) is 2.68. The first-order valence-corrected chi connectivity index (χ1v) is 10.00. The highest BCUT2D eigenvalue weighted by Gasteiger charge is 2.20. The van der Waals surface area contributed by atoms with Crippen LogP contribution >= 0.6 is 11.6 Å². The number of hydrogen-bond acceptors (Lipinski definition) is 3. The molecule has 0 saturated heterocycles. The number of rotatable bonds is 9. The van der Waals surface area contributed by atoms with E-state index in [1.165, 1.54) is 0 Å². The van der Waals surface area contributed by atoms with Crippen molar-refractivity contribution in [1.29, 1.82) is 0 Å². The van der Waals surface area contributed by atoms with E-state index >= 15 is 0 Å². The molecule has 0 aromatic heterocycles. The Morgan fingerprint density at radius 3 is 2.28 bits per heavy atom. The molecule has 0 aliphatic carbocycles. The van der Waals surface area contributed by atoms with E-state index in [-0.39, 0.29) is 36.7 Å². The molecule has 0 heterocycles. The van der Waals surface area contributed by atoms with Crippen LogP contribution in [0.5, 0.6) is 0 Å². The second-order valence-electron chi connectivity index (χ2n) is 7.11. The third kappa shape index (κ3) is 7.00. The van der Waals surface area contributed by atoms with Crippen LogP contribution in [0.25, 0.3) is 0 Å². The minimum absolute atomic E-state index is 0.0510. The van der Waals surface area contributed by atoms with E-state index in [2.05, 4.69) is 10.6 Å². The summed E-state index contributed by atoms with van der Waals surface area (Å²) in [5.74, 6) is -0.598. The van der Waals surface area contributed by atoms with Gasteiger partial charge in [-0.05, 0) is 39.0 Å². The predicted octanol–water partition coefficient (Wildman–Crippen LogP) is 1.94. The van der Waals surface area contributed by atoms with Crippen molar-refractivity contribution in [3.63, 3.8) is 0 Å². The molecule has 2 aromatic rings. The summed E-state index contributed by atoms with van der Waals surface area (Å²) in [4.78, 5) is 38.2. The lowest BCUT2D eigenvalue weighted by Gasteiger charge is -2.18. The molecule has 0 bridgehead atoms. The van der Waals surface area contributed by atoms with Crippen LogP contribution in [0.1, 0.15) is 36.7 Å². The number of benzene rings is 2. The molecule has 1 atom stereocenters. The largest absolute Gasteiger partial charge is 0.349 e. The van der Waals surface area contributed by atoms with Gasteiger partial charge in [0.2, 0.25) is 0 Å². The van der Waals surface area contributed by atoms with Crippen molar-refractivity contribution in [3.05, 3.63) is 64.7 Å². The van der Waals surface area contributed by atoms with Crippen LogP contribution in [-0.2, 0) is 9.59 Å². The van der Waals surface area contributed by atoms with E-state index < -0.39 is 0 Å². The van der Waals surface area contributed by atoms with Crippen molar-refractivity contribution >= 4 is 34.9 Å². The van der Waals surface area contributed by atoms with E-state index in [0.29, 0.717) is 28.4 Å². The van der Waals surface area contributed by atoms with E-state index in [0.717, 1.165) is 4.90 Å². The maximum atomic E-state index is 12.9. The van der Waals surface area contributed by atoms with Crippen molar-refractivity contribution in [1.82, 2.24) is 5.32 Å². The minimum atomic E-state index is -0.274. The third-order valence-corrected chi connectivity index (χ3v) is 4.54. The molecule has 0 spiro atoms. The summed E-state index contributed by atoms with van der Waals surface area (Å²) in [6.45, 7) is 6.64. The lowest BCUT2D eigenvalue weighted by atomic mass is 10.0. The monoisotopic (exact) mass is 416 g/mol. The first-order chi connectivity index (χ1) is 13.8. The molecule has 6 nitrogen and oxygen atoms in total. The van der Waals surface area contributed by atoms with E-state index in [4.69, 9.17) is 11.6 Å². The van der Waals surface area contributed by atoms with Crippen LogP contribution in [0.15, 0.2) is 48.5 Å². The maximum Gasteiger partial charge on any atom is 0.279 e. The molecule has 29 heavy (non-hydrogen) atoms. The quantitative estimate of drug-likeness (QED) is 0.546. The Balaban J connectivity index is 2.12. The van der Waals surface area contributed by atoms with Crippen molar-refractivity contribution in [2.24, 2.45) is 0 Å². The summed E-state index contributed by atoms with van der Waals surface area (Å²) in [6, 6.07) is 13.7. The number of amides is 2. The molecule has 1 unspecified atom stereocenters. The van der Waals surface area contributed by atoms with Crippen LogP contribution in [0, 0.1) is 0 Å². The van der Waals surface area contributed by atoms with Gasteiger partial charge in [0.15, 0.2) is 18.9 Å². The number of halogens is 1. The smallest absolute Gasteiger partial charge is 0.279 e. The number of ketones is 1. The SMILES string of the molecule is CC[NH+](CC(=O)Nc1ccc(Cl)cc1C(=O)c1ccccc1)CC(=O)NC(C)C. The van der Waals surface area contributed by atoms with Gasteiger partial charge < -0.3 is 15.5 Å². The first kappa shape index (κ1) is 22.6. The zero-order valence-corrected chi connectivity index (χ0v) is 17.7. The number of nitrogens with one attached hydrogen (secondary N) is 3. The average molecular weight is 417 g/mol. The van der Waals surface area contributed by atoms with Crippen LogP contribution in [0.2, 0.25) is 5.02 Å². The van der Waals surface area contributed by atoms with Gasteiger partial charge in [0, 0.05) is 22.2 Å². The Hall–Kier alpha value is -2.70. The molecule has 2 aromatic carbocycles. The van der Waals surface area contributed by atoms with Gasteiger partial charge in [0.1, 0.15) is 0 Å². The first-order valence-electron chi connectivity index (χ1n) is 9.62. The maximum absolute atomic E-state index is 12.9. The predicted molar refractivity (Wildman–Crippen MR) is 114 cm³/mol. The summed E-state index contributed by atoms with van der Waals surface area (Å²) in [6.07, 6.45) is 0. The lowest BCUT2D eigenvalue weighted by Crippen LogP contribution is -3.14. The summed E-state index contributed by atoms with van der Waals surface area (Å²) in [5.41, 5.74) is 1.24. The Labute approximate surface area is 176 Å². The molecule has 0 saturated carbocycles. The Morgan fingerprint density at radius 2 is 1.66 bits per heavy atom. The Bertz CT molecular complexity index is 869. The van der Waals surface area contributed by atoms with Crippen molar-refractivity contribution in [2.45, 2.75) is 26.8 Å². The van der Waals surface area contributed by atoms with Gasteiger partial charge >= 0.3 is 0 Å². The zero-order chi connectivity index (χ0) is 21.4. The lowest BCUT2D eigenvalue weighted by molar-refractivity contribution is -0.881. The summed E-state index contributed by atoms with van der Waals surface area (Å²) < 4.78 is 0. The number of carbonyl (C=O) groups is 3.